The van der Waals surface area contributed by atoms with Crippen molar-refractivity contribution in [3.8, 4) is 5.75 Å². The number of hydrogen-bond donors (Lipinski definition) is 1. The lowest BCUT2D eigenvalue weighted by Gasteiger charge is -2.09. The number of halogens is 2. The van der Waals surface area contributed by atoms with Crippen molar-refractivity contribution in [2.24, 2.45) is 0 Å². The zero-order valence-electron chi connectivity index (χ0n) is 13.6. The van der Waals surface area contributed by atoms with Gasteiger partial charge in [-0.1, -0.05) is 35.3 Å². The number of carbonyl (C=O) groups excluding carboxylic acids is 2. The van der Waals surface area contributed by atoms with E-state index in [4.69, 9.17) is 32.7 Å². The molecule has 0 aliphatic heterocycles. The first kappa shape index (κ1) is 19.1. The van der Waals surface area contributed by atoms with Crippen molar-refractivity contribution in [3.63, 3.8) is 0 Å². The van der Waals surface area contributed by atoms with Crippen LogP contribution in [0.2, 0.25) is 10.0 Å². The quantitative estimate of drug-likeness (QED) is 0.587. The van der Waals surface area contributed by atoms with Crippen LogP contribution < -0.4 is 10.1 Å². The second kappa shape index (κ2) is 9.30. The Bertz CT molecular complexity index is 764. The Balaban J connectivity index is 1.69. The van der Waals surface area contributed by atoms with E-state index in [1.807, 2.05) is 31.2 Å². The van der Waals surface area contributed by atoms with E-state index in [1.54, 1.807) is 6.07 Å². The van der Waals surface area contributed by atoms with E-state index in [0.29, 0.717) is 10.8 Å². The highest BCUT2D eigenvalue weighted by molar-refractivity contribution is 6.36. The van der Waals surface area contributed by atoms with Crippen LogP contribution in [0.15, 0.2) is 42.5 Å². The van der Waals surface area contributed by atoms with Gasteiger partial charge in [0.25, 0.3) is 5.91 Å². The number of benzene rings is 2. The Morgan fingerprint density at radius 1 is 1.08 bits per heavy atom. The molecule has 0 fully saturated rings. The number of esters is 1. The van der Waals surface area contributed by atoms with E-state index in [0.717, 1.165) is 5.56 Å². The minimum absolute atomic E-state index is 0.0876. The lowest BCUT2D eigenvalue weighted by molar-refractivity contribution is -0.143. The number of aryl methyl sites for hydroxylation is 1. The van der Waals surface area contributed by atoms with Crippen LogP contribution in [0.1, 0.15) is 15.9 Å². The molecule has 2 rings (SSSR count). The van der Waals surface area contributed by atoms with Crippen molar-refractivity contribution < 1.29 is 19.1 Å². The molecule has 1 N–H and O–H groups in total. The standard InChI is InChI=1S/C18H17Cl2NO4/c1-12-3-2-4-14(9-12)24-7-8-25-17(22)11-21-18(23)15-6-5-13(19)10-16(15)20/h2-6,9-10H,7-8,11H2,1H3,(H,21,23). The van der Waals surface area contributed by atoms with E-state index < -0.39 is 11.9 Å². The smallest absolute Gasteiger partial charge is 0.325 e. The van der Waals surface area contributed by atoms with Crippen molar-refractivity contribution in [2.75, 3.05) is 19.8 Å². The summed E-state index contributed by atoms with van der Waals surface area (Å²) < 4.78 is 10.5. The average molecular weight is 382 g/mol. The first-order valence-electron chi connectivity index (χ1n) is 7.54. The molecular formula is C18H17Cl2NO4. The van der Waals surface area contributed by atoms with Gasteiger partial charge in [-0.15, -0.1) is 0 Å². The molecular weight excluding hydrogens is 365 g/mol. The maximum atomic E-state index is 12.0. The third kappa shape index (κ3) is 6.29. The van der Waals surface area contributed by atoms with E-state index in [2.05, 4.69) is 5.32 Å². The third-order valence-electron chi connectivity index (χ3n) is 3.17. The molecule has 0 unspecified atom stereocenters. The van der Waals surface area contributed by atoms with Gasteiger partial charge in [-0.3, -0.25) is 9.59 Å². The molecule has 7 heteroatoms. The highest BCUT2D eigenvalue weighted by Gasteiger charge is 2.12. The van der Waals surface area contributed by atoms with E-state index in [-0.39, 0.29) is 30.3 Å². The van der Waals surface area contributed by atoms with Gasteiger partial charge in [0, 0.05) is 5.02 Å². The van der Waals surface area contributed by atoms with Gasteiger partial charge < -0.3 is 14.8 Å². The van der Waals surface area contributed by atoms with Crippen molar-refractivity contribution in [1.29, 1.82) is 0 Å². The van der Waals surface area contributed by atoms with Crippen LogP contribution in [-0.2, 0) is 9.53 Å². The van der Waals surface area contributed by atoms with Crippen molar-refractivity contribution in [1.82, 2.24) is 5.32 Å². The van der Waals surface area contributed by atoms with Crippen LogP contribution in [0.5, 0.6) is 5.75 Å². The van der Waals surface area contributed by atoms with Gasteiger partial charge in [0.05, 0.1) is 10.6 Å². The van der Waals surface area contributed by atoms with Gasteiger partial charge in [0.2, 0.25) is 0 Å². The fraction of sp³-hybridized carbons (Fsp3) is 0.222. The Kier molecular flexibility index (Phi) is 7.10. The molecule has 0 atom stereocenters. The zero-order chi connectivity index (χ0) is 18.2. The number of rotatable bonds is 7. The first-order chi connectivity index (χ1) is 12.0. The SMILES string of the molecule is Cc1cccc(OCCOC(=O)CNC(=O)c2ccc(Cl)cc2Cl)c1. The van der Waals surface area contributed by atoms with Crippen molar-refractivity contribution >= 4 is 35.1 Å². The summed E-state index contributed by atoms with van der Waals surface area (Å²) in [7, 11) is 0. The summed E-state index contributed by atoms with van der Waals surface area (Å²) in [6, 6.07) is 12.0. The third-order valence-corrected chi connectivity index (χ3v) is 3.72. The summed E-state index contributed by atoms with van der Waals surface area (Å²) in [5.74, 6) is -0.331. The minimum Gasteiger partial charge on any atom is -0.490 e. The van der Waals surface area contributed by atoms with Gasteiger partial charge >= 0.3 is 5.97 Å². The van der Waals surface area contributed by atoms with Crippen LogP contribution in [0.4, 0.5) is 0 Å². The van der Waals surface area contributed by atoms with Crippen LogP contribution >= 0.6 is 23.2 Å². The maximum absolute atomic E-state index is 12.0. The molecule has 0 spiro atoms. The molecule has 0 aliphatic carbocycles. The van der Waals surface area contributed by atoms with Crippen LogP contribution in [0.25, 0.3) is 0 Å². The predicted molar refractivity (Wildman–Crippen MR) is 96.4 cm³/mol. The van der Waals surface area contributed by atoms with Gasteiger partial charge in [-0.25, -0.2) is 0 Å². The zero-order valence-corrected chi connectivity index (χ0v) is 15.1. The number of ether oxygens (including phenoxy) is 2. The average Bonchev–Trinajstić information content (AvgIpc) is 2.56. The van der Waals surface area contributed by atoms with Crippen molar-refractivity contribution in [2.45, 2.75) is 6.92 Å². The molecule has 0 bridgehead atoms. The summed E-state index contributed by atoms with van der Waals surface area (Å²) >= 11 is 11.7. The van der Waals surface area contributed by atoms with Crippen LogP contribution in [0.3, 0.4) is 0 Å². The molecule has 5 nitrogen and oxygen atoms in total. The largest absolute Gasteiger partial charge is 0.490 e. The van der Waals surface area contributed by atoms with E-state index >= 15 is 0 Å². The molecule has 0 radical (unpaired) electrons. The molecule has 0 saturated carbocycles. The van der Waals surface area contributed by atoms with E-state index in [9.17, 15) is 9.59 Å². The minimum atomic E-state index is -0.564. The Morgan fingerprint density at radius 3 is 2.60 bits per heavy atom. The highest BCUT2D eigenvalue weighted by atomic mass is 35.5. The normalized spacial score (nSPS) is 10.2. The molecule has 1 amide bonds. The van der Waals surface area contributed by atoms with Crippen molar-refractivity contribution in [3.05, 3.63) is 63.6 Å². The molecule has 0 aromatic heterocycles. The summed E-state index contributed by atoms with van der Waals surface area (Å²) in [5, 5.41) is 3.08. The summed E-state index contributed by atoms with van der Waals surface area (Å²) in [6.45, 7) is 2.02. The van der Waals surface area contributed by atoms with Gasteiger partial charge in [-0.2, -0.15) is 0 Å². The van der Waals surface area contributed by atoms with Gasteiger partial charge in [0.1, 0.15) is 25.5 Å². The van der Waals surface area contributed by atoms with Crippen LogP contribution in [0, 0.1) is 6.92 Å². The molecule has 25 heavy (non-hydrogen) atoms. The maximum Gasteiger partial charge on any atom is 0.325 e. The second-order valence-corrected chi connectivity index (χ2v) is 6.04. The Hall–Kier alpha value is -2.24. The molecule has 132 valence electrons. The molecule has 0 saturated heterocycles. The number of hydrogen-bond acceptors (Lipinski definition) is 4. The predicted octanol–water partition coefficient (Wildman–Crippen LogP) is 3.65. The molecule has 0 aliphatic rings. The topological polar surface area (TPSA) is 64.6 Å². The number of amides is 1. The fourth-order valence-electron chi connectivity index (χ4n) is 1.99. The Morgan fingerprint density at radius 2 is 1.88 bits per heavy atom. The van der Waals surface area contributed by atoms with E-state index in [1.165, 1.54) is 12.1 Å². The summed E-state index contributed by atoms with van der Waals surface area (Å²) in [5.41, 5.74) is 1.32. The first-order valence-corrected chi connectivity index (χ1v) is 8.29. The summed E-state index contributed by atoms with van der Waals surface area (Å²) in [6.07, 6.45) is 0. The lowest BCUT2D eigenvalue weighted by Crippen LogP contribution is -2.31. The second-order valence-electron chi connectivity index (χ2n) is 5.19. The van der Waals surface area contributed by atoms with Gasteiger partial charge in [-0.05, 0) is 42.8 Å². The summed E-state index contributed by atoms with van der Waals surface area (Å²) in [4.78, 5) is 23.6. The monoisotopic (exact) mass is 381 g/mol. The van der Waals surface area contributed by atoms with Crippen LogP contribution in [-0.4, -0.2) is 31.6 Å². The Labute approximate surface area is 155 Å². The van der Waals surface area contributed by atoms with Gasteiger partial charge in [0.15, 0.2) is 0 Å². The lowest BCUT2D eigenvalue weighted by atomic mass is 10.2. The number of nitrogens with one attached hydrogen (secondary N) is 1. The molecule has 2 aromatic carbocycles. The highest BCUT2D eigenvalue weighted by Crippen LogP contribution is 2.20. The number of carbonyl (C=O) groups is 2. The fourth-order valence-corrected chi connectivity index (χ4v) is 2.49. The molecule has 0 heterocycles. The molecule has 2 aromatic rings.